The Bertz CT molecular complexity index is 462. The predicted molar refractivity (Wildman–Crippen MR) is 72.0 cm³/mol. The number of amides is 1. The van der Waals surface area contributed by atoms with E-state index in [9.17, 15) is 4.79 Å². The average Bonchev–Trinajstić information content (AvgIpc) is 2.77. The van der Waals surface area contributed by atoms with Crippen LogP contribution in [0.4, 0.5) is 16.2 Å². The lowest BCUT2D eigenvalue weighted by molar-refractivity contribution is 0.142. The van der Waals surface area contributed by atoms with E-state index in [2.05, 4.69) is 4.90 Å². The SMILES string of the molecule is Cc1cc(N)ccc1N1CCC(N(C)C(=O)O)C1. The minimum Gasteiger partial charge on any atom is -0.465 e. The highest BCUT2D eigenvalue weighted by molar-refractivity contribution is 5.66. The van der Waals surface area contributed by atoms with Gasteiger partial charge in [-0.1, -0.05) is 0 Å². The lowest BCUT2D eigenvalue weighted by Crippen LogP contribution is -2.38. The third kappa shape index (κ3) is 2.34. The molecule has 0 bridgehead atoms. The van der Waals surface area contributed by atoms with Crippen molar-refractivity contribution in [3.63, 3.8) is 0 Å². The molecule has 0 aromatic heterocycles. The summed E-state index contributed by atoms with van der Waals surface area (Å²) in [5.41, 5.74) is 8.77. The first-order valence-electron chi connectivity index (χ1n) is 6.06. The number of nitrogens with zero attached hydrogens (tertiary/aromatic N) is 2. The summed E-state index contributed by atoms with van der Waals surface area (Å²) in [5.74, 6) is 0. The van der Waals surface area contributed by atoms with Crippen LogP contribution < -0.4 is 10.6 Å². The van der Waals surface area contributed by atoms with Gasteiger partial charge in [0, 0.05) is 31.5 Å². The summed E-state index contributed by atoms with van der Waals surface area (Å²) in [5, 5.41) is 8.98. The number of nitrogens with two attached hydrogens (primary N) is 1. The number of hydrogen-bond donors (Lipinski definition) is 2. The molecule has 1 amide bonds. The van der Waals surface area contributed by atoms with E-state index in [1.54, 1.807) is 7.05 Å². The van der Waals surface area contributed by atoms with Gasteiger partial charge in [-0.3, -0.25) is 0 Å². The molecule has 0 saturated carbocycles. The minimum atomic E-state index is -0.865. The van der Waals surface area contributed by atoms with Crippen molar-refractivity contribution in [1.82, 2.24) is 4.90 Å². The molecule has 1 unspecified atom stereocenters. The van der Waals surface area contributed by atoms with Gasteiger partial charge in [0.25, 0.3) is 0 Å². The molecule has 5 heteroatoms. The molecular formula is C13H19N3O2. The molecule has 0 radical (unpaired) electrons. The fourth-order valence-corrected chi connectivity index (χ4v) is 2.47. The first kappa shape index (κ1) is 12.5. The number of hydrogen-bond acceptors (Lipinski definition) is 3. The number of carbonyl (C=O) groups is 1. The zero-order valence-corrected chi connectivity index (χ0v) is 10.8. The molecule has 5 nitrogen and oxygen atoms in total. The fraction of sp³-hybridized carbons (Fsp3) is 0.462. The van der Waals surface area contributed by atoms with Gasteiger partial charge in [0.2, 0.25) is 0 Å². The Morgan fingerprint density at radius 2 is 2.28 bits per heavy atom. The van der Waals surface area contributed by atoms with Crippen LogP contribution in [0.15, 0.2) is 18.2 Å². The van der Waals surface area contributed by atoms with E-state index in [0.717, 1.165) is 36.4 Å². The molecule has 1 fully saturated rings. The maximum atomic E-state index is 10.9. The molecule has 1 aliphatic heterocycles. The van der Waals surface area contributed by atoms with Gasteiger partial charge in [-0.2, -0.15) is 0 Å². The van der Waals surface area contributed by atoms with E-state index in [4.69, 9.17) is 10.8 Å². The summed E-state index contributed by atoms with van der Waals surface area (Å²) < 4.78 is 0. The van der Waals surface area contributed by atoms with Crippen molar-refractivity contribution in [2.75, 3.05) is 30.8 Å². The van der Waals surface area contributed by atoms with Gasteiger partial charge in [-0.05, 0) is 37.1 Å². The van der Waals surface area contributed by atoms with E-state index < -0.39 is 6.09 Å². The molecule has 1 aromatic carbocycles. The topological polar surface area (TPSA) is 69.8 Å². The highest BCUT2D eigenvalue weighted by Crippen LogP contribution is 2.27. The summed E-state index contributed by atoms with van der Waals surface area (Å²) in [4.78, 5) is 14.5. The highest BCUT2D eigenvalue weighted by atomic mass is 16.4. The summed E-state index contributed by atoms with van der Waals surface area (Å²) in [6.07, 6.45) is 0.00275. The molecule has 1 saturated heterocycles. The second kappa shape index (κ2) is 4.76. The van der Waals surface area contributed by atoms with Crippen molar-refractivity contribution in [3.8, 4) is 0 Å². The van der Waals surface area contributed by atoms with E-state index in [1.165, 1.54) is 4.90 Å². The van der Waals surface area contributed by atoms with Gasteiger partial charge in [-0.15, -0.1) is 0 Å². The molecule has 0 aliphatic carbocycles. The Kier molecular flexibility index (Phi) is 3.32. The van der Waals surface area contributed by atoms with Crippen molar-refractivity contribution in [2.24, 2.45) is 0 Å². The number of benzene rings is 1. The monoisotopic (exact) mass is 249 g/mol. The van der Waals surface area contributed by atoms with Crippen LogP contribution in [-0.2, 0) is 0 Å². The minimum absolute atomic E-state index is 0.0689. The third-order valence-corrected chi connectivity index (χ3v) is 3.57. The molecule has 0 spiro atoms. The zero-order chi connectivity index (χ0) is 13.3. The third-order valence-electron chi connectivity index (χ3n) is 3.57. The number of nitrogen functional groups attached to an aromatic ring is 1. The van der Waals surface area contributed by atoms with Gasteiger partial charge >= 0.3 is 6.09 Å². The molecule has 3 N–H and O–H groups in total. The molecular weight excluding hydrogens is 230 g/mol. The van der Waals surface area contributed by atoms with Crippen molar-refractivity contribution < 1.29 is 9.90 Å². The van der Waals surface area contributed by atoms with Crippen LogP contribution in [0.25, 0.3) is 0 Å². The van der Waals surface area contributed by atoms with Crippen molar-refractivity contribution >= 4 is 17.5 Å². The zero-order valence-electron chi connectivity index (χ0n) is 10.8. The van der Waals surface area contributed by atoms with Crippen LogP contribution in [-0.4, -0.2) is 42.3 Å². The second-order valence-corrected chi connectivity index (χ2v) is 4.83. The average molecular weight is 249 g/mol. The Labute approximate surface area is 107 Å². The molecule has 98 valence electrons. The lowest BCUT2D eigenvalue weighted by Gasteiger charge is -2.24. The van der Waals surface area contributed by atoms with E-state index in [0.29, 0.717) is 0 Å². The molecule has 1 aliphatic rings. The Hall–Kier alpha value is -1.91. The lowest BCUT2D eigenvalue weighted by atomic mass is 10.1. The highest BCUT2D eigenvalue weighted by Gasteiger charge is 2.28. The van der Waals surface area contributed by atoms with Gasteiger partial charge < -0.3 is 20.6 Å². The standard InChI is InChI=1S/C13H19N3O2/c1-9-7-10(14)3-4-12(9)16-6-5-11(8-16)15(2)13(17)18/h3-4,7,11H,5-6,8,14H2,1-2H3,(H,17,18). The predicted octanol–water partition coefficient (Wildman–Crippen LogP) is 1.77. The number of carboxylic acid groups (broad SMARTS) is 1. The van der Waals surface area contributed by atoms with Gasteiger partial charge in [-0.25, -0.2) is 4.79 Å². The fourth-order valence-electron chi connectivity index (χ4n) is 2.47. The van der Waals surface area contributed by atoms with Crippen LogP contribution in [0, 0.1) is 6.92 Å². The first-order chi connectivity index (χ1) is 8.49. The van der Waals surface area contributed by atoms with Crippen LogP contribution >= 0.6 is 0 Å². The maximum absolute atomic E-state index is 10.9. The Morgan fingerprint density at radius 1 is 1.56 bits per heavy atom. The largest absolute Gasteiger partial charge is 0.465 e. The van der Waals surface area contributed by atoms with Crippen molar-refractivity contribution in [2.45, 2.75) is 19.4 Å². The van der Waals surface area contributed by atoms with Crippen LogP contribution in [0.2, 0.25) is 0 Å². The normalized spacial score (nSPS) is 19.0. The molecule has 2 rings (SSSR count). The summed E-state index contributed by atoms with van der Waals surface area (Å²) in [7, 11) is 1.63. The van der Waals surface area contributed by atoms with Gasteiger partial charge in [0.1, 0.15) is 0 Å². The summed E-state index contributed by atoms with van der Waals surface area (Å²) >= 11 is 0. The summed E-state index contributed by atoms with van der Waals surface area (Å²) in [6.45, 7) is 3.65. The number of likely N-dealkylation sites (N-methyl/N-ethyl adjacent to an activating group) is 1. The van der Waals surface area contributed by atoms with Gasteiger partial charge in [0.15, 0.2) is 0 Å². The Morgan fingerprint density at radius 3 is 2.89 bits per heavy atom. The van der Waals surface area contributed by atoms with Crippen molar-refractivity contribution in [3.05, 3.63) is 23.8 Å². The quantitative estimate of drug-likeness (QED) is 0.784. The molecule has 1 atom stereocenters. The van der Waals surface area contributed by atoms with Crippen LogP contribution in [0.3, 0.4) is 0 Å². The maximum Gasteiger partial charge on any atom is 0.407 e. The van der Waals surface area contributed by atoms with Crippen molar-refractivity contribution in [1.29, 1.82) is 0 Å². The molecule has 1 aromatic rings. The summed E-state index contributed by atoms with van der Waals surface area (Å²) in [6, 6.07) is 5.91. The van der Waals surface area contributed by atoms with Crippen LogP contribution in [0.5, 0.6) is 0 Å². The van der Waals surface area contributed by atoms with E-state index in [1.807, 2.05) is 25.1 Å². The molecule has 18 heavy (non-hydrogen) atoms. The van der Waals surface area contributed by atoms with E-state index >= 15 is 0 Å². The van der Waals surface area contributed by atoms with Crippen LogP contribution in [0.1, 0.15) is 12.0 Å². The molecule has 1 heterocycles. The Balaban J connectivity index is 2.11. The number of aryl methyl sites for hydroxylation is 1. The first-order valence-corrected chi connectivity index (χ1v) is 6.06. The number of rotatable bonds is 2. The second-order valence-electron chi connectivity index (χ2n) is 4.83. The van der Waals surface area contributed by atoms with E-state index in [-0.39, 0.29) is 6.04 Å². The smallest absolute Gasteiger partial charge is 0.407 e. The van der Waals surface area contributed by atoms with Gasteiger partial charge in [0.05, 0.1) is 6.04 Å². The number of anilines is 2.